The highest BCUT2D eigenvalue weighted by Gasteiger charge is 2.19. The number of ether oxygens (including phenoxy) is 1. The van der Waals surface area contributed by atoms with Gasteiger partial charge in [-0.1, -0.05) is 6.58 Å². The number of hydrogen-bond donors (Lipinski definition) is 2. The van der Waals surface area contributed by atoms with Crippen LogP contribution >= 0.6 is 8.46 Å². The molecule has 0 aromatic heterocycles. The van der Waals surface area contributed by atoms with Gasteiger partial charge in [0.2, 0.25) is 20.6 Å². The summed E-state index contributed by atoms with van der Waals surface area (Å²) < 4.78 is 14.3. The van der Waals surface area contributed by atoms with Gasteiger partial charge < -0.3 is 14.9 Å². The molecule has 0 amide bonds. The summed E-state index contributed by atoms with van der Waals surface area (Å²) in [4.78, 5) is 10.4. The minimum Gasteiger partial charge on any atom is -0.441 e. The smallest absolute Gasteiger partial charge is 0.331 e. The van der Waals surface area contributed by atoms with Crippen molar-refractivity contribution in [1.29, 1.82) is 0 Å². The van der Waals surface area contributed by atoms with E-state index in [2.05, 4.69) is 11.3 Å². The predicted octanol–water partition coefficient (Wildman–Crippen LogP) is -0.356. The highest BCUT2D eigenvalue weighted by molar-refractivity contribution is 7.24. The third-order valence-corrected chi connectivity index (χ3v) is 1.34. The van der Waals surface area contributed by atoms with E-state index in [4.69, 9.17) is 10.2 Å². The van der Waals surface area contributed by atoms with Crippen molar-refractivity contribution in [2.75, 3.05) is 0 Å². The molecule has 0 aromatic carbocycles. The van der Waals surface area contributed by atoms with Crippen LogP contribution in [0.3, 0.4) is 0 Å². The van der Waals surface area contributed by atoms with Crippen molar-refractivity contribution in [3.63, 3.8) is 0 Å². The Morgan fingerprint density at radius 3 is 2.45 bits per heavy atom. The Hall–Kier alpha value is -0.770. The number of esters is 1. The fraction of sp³-hybridized carbons (Fsp3) is 0.400. The van der Waals surface area contributed by atoms with E-state index in [1.807, 2.05) is 0 Å². The summed E-state index contributed by atoms with van der Waals surface area (Å²) >= 11 is 0. The maximum Gasteiger partial charge on any atom is 0.331 e. The number of carbonyl (C=O) groups excluding carboxylic acids is 1. The molecule has 0 saturated carbocycles. The van der Waals surface area contributed by atoms with Crippen molar-refractivity contribution in [3.05, 3.63) is 12.7 Å². The Kier molecular flexibility index (Phi) is 4.61. The van der Waals surface area contributed by atoms with Gasteiger partial charge in [0, 0.05) is 6.08 Å². The van der Waals surface area contributed by atoms with Crippen LogP contribution in [0.2, 0.25) is 0 Å². The zero-order chi connectivity index (χ0) is 8.85. The van der Waals surface area contributed by atoms with E-state index in [1.165, 1.54) is 0 Å². The van der Waals surface area contributed by atoms with Crippen LogP contribution in [0, 0.1) is 0 Å². The second kappa shape index (κ2) is 4.96. The molecule has 0 heterocycles. The molecule has 0 spiro atoms. The molecule has 0 fully saturated rings. The van der Waals surface area contributed by atoms with Gasteiger partial charge in [-0.15, -0.1) is 0 Å². The molecule has 0 radical (unpaired) electrons. The molecule has 62 valence electrons. The summed E-state index contributed by atoms with van der Waals surface area (Å²) in [6.07, 6.45) is -1.11. The van der Waals surface area contributed by atoms with E-state index in [9.17, 15) is 9.36 Å². The molecule has 0 aliphatic heterocycles. The fourth-order valence-electron chi connectivity index (χ4n) is 0.304. The van der Waals surface area contributed by atoms with Crippen molar-refractivity contribution in [2.45, 2.75) is 12.1 Å². The maximum absolute atomic E-state index is 10.4. The zero-order valence-corrected chi connectivity index (χ0v) is 6.40. The van der Waals surface area contributed by atoms with Crippen LogP contribution in [0.4, 0.5) is 0 Å². The van der Waals surface area contributed by atoms with Crippen molar-refractivity contribution in [1.82, 2.24) is 0 Å². The Morgan fingerprint density at radius 1 is 1.64 bits per heavy atom. The lowest BCUT2D eigenvalue weighted by molar-refractivity contribution is -0.156. The average molecular weight is 178 g/mol. The molecule has 5 nitrogen and oxygen atoms in total. The molecular formula is C5H7O5P. The summed E-state index contributed by atoms with van der Waals surface area (Å²) in [5.74, 6) is -2.30. The van der Waals surface area contributed by atoms with Gasteiger partial charge in [0.25, 0.3) is 0 Å². The topological polar surface area (TPSA) is 83.8 Å². The Bertz CT molecular complexity index is 166. The van der Waals surface area contributed by atoms with Crippen LogP contribution in [-0.2, 0) is 14.1 Å². The molecule has 11 heavy (non-hydrogen) atoms. The first kappa shape index (κ1) is 10.2. The molecular weight excluding hydrogens is 171 g/mol. The number of rotatable bonds is 4. The third-order valence-electron chi connectivity index (χ3n) is 0.763. The van der Waals surface area contributed by atoms with Crippen LogP contribution < -0.4 is 0 Å². The lowest BCUT2D eigenvalue weighted by Crippen LogP contribution is -2.25. The zero-order valence-electron chi connectivity index (χ0n) is 5.51. The van der Waals surface area contributed by atoms with E-state index in [0.29, 0.717) is 0 Å². The first-order valence-electron chi connectivity index (χ1n) is 2.63. The molecule has 0 aliphatic rings. The maximum atomic E-state index is 10.4. The lowest BCUT2D eigenvalue weighted by Gasteiger charge is -2.10. The Morgan fingerprint density at radius 2 is 2.18 bits per heavy atom. The van der Waals surface area contributed by atoms with E-state index in [1.54, 1.807) is 0 Å². The van der Waals surface area contributed by atoms with Crippen molar-refractivity contribution < 1.29 is 24.3 Å². The second-order valence-corrected chi connectivity index (χ2v) is 2.27. The Balaban J connectivity index is 3.97. The molecule has 0 aromatic rings. The first-order chi connectivity index (χ1) is 5.11. The highest BCUT2D eigenvalue weighted by atomic mass is 31.1. The van der Waals surface area contributed by atoms with E-state index in [0.717, 1.165) is 6.08 Å². The van der Waals surface area contributed by atoms with Gasteiger partial charge in [0.05, 0.1) is 0 Å². The number of carbonyl (C=O) groups is 1. The minimum atomic E-state index is -1.95. The van der Waals surface area contributed by atoms with Crippen molar-refractivity contribution in [2.24, 2.45) is 0 Å². The van der Waals surface area contributed by atoms with Gasteiger partial charge in [-0.3, -0.25) is 4.57 Å². The number of hydrogen-bond acceptors (Lipinski definition) is 5. The first-order valence-corrected chi connectivity index (χ1v) is 3.51. The number of aliphatic hydroxyl groups is 2. The summed E-state index contributed by atoms with van der Waals surface area (Å²) in [5.41, 5.74) is 0. The third kappa shape index (κ3) is 3.83. The van der Waals surface area contributed by atoms with Gasteiger partial charge in [-0.2, -0.15) is 0 Å². The summed E-state index contributed by atoms with van der Waals surface area (Å²) in [6.45, 7) is 3.06. The van der Waals surface area contributed by atoms with E-state index >= 15 is 0 Å². The van der Waals surface area contributed by atoms with Crippen LogP contribution in [0.1, 0.15) is 0 Å². The average Bonchev–Trinajstić information content (AvgIpc) is 1.99. The molecule has 0 aliphatic carbocycles. The van der Waals surface area contributed by atoms with Gasteiger partial charge >= 0.3 is 5.97 Å². The molecule has 1 unspecified atom stereocenters. The fourth-order valence-corrected chi connectivity index (χ4v) is 0.560. The standard InChI is InChI=1S/C5H7O5P/c1-2-3(6)10-5(11-9)4(7)8/h2,4-5,7-8H,1H2. The van der Waals surface area contributed by atoms with Crippen LogP contribution in [0.5, 0.6) is 0 Å². The lowest BCUT2D eigenvalue weighted by atomic mass is 10.6. The summed E-state index contributed by atoms with van der Waals surface area (Å²) in [6, 6.07) is 0. The molecule has 0 bridgehead atoms. The van der Waals surface area contributed by atoms with Crippen molar-refractivity contribution in [3.8, 4) is 0 Å². The summed E-state index contributed by atoms with van der Waals surface area (Å²) in [5, 5.41) is 16.8. The molecule has 0 rings (SSSR count). The molecule has 0 saturated heterocycles. The largest absolute Gasteiger partial charge is 0.441 e. The predicted molar refractivity (Wildman–Crippen MR) is 35.9 cm³/mol. The van der Waals surface area contributed by atoms with Crippen molar-refractivity contribution >= 4 is 14.4 Å². The summed E-state index contributed by atoms with van der Waals surface area (Å²) in [7, 11) is -0.667. The quantitative estimate of drug-likeness (QED) is 0.266. The van der Waals surface area contributed by atoms with Crippen LogP contribution in [-0.4, -0.2) is 28.3 Å². The van der Waals surface area contributed by atoms with Crippen LogP contribution in [0.25, 0.3) is 0 Å². The monoisotopic (exact) mass is 178 g/mol. The van der Waals surface area contributed by atoms with E-state index in [-0.39, 0.29) is 0 Å². The molecule has 1 atom stereocenters. The van der Waals surface area contributed by atoms with Gasteiger partial charge in [-0.25, -0.2) is 4.79 Å². The normalized spacial score (nSPS) is 13.0. The molecule has 2 N–H and O–H groups in total. The highest BCUT2D eigenvalue weighted by Crippen LogP contribution is 2.11. The van der Waals surface area contributed by atoms with Gasteiger partial charge in [-0.05, 0) is 0 Å². The second-order valence-electron chi connectivity index (χ2n) is 1.55. The van der Waals surface area contributed by atoms with E-state index < -0.39 is 26.6 Å². The Labute approximate surface area is 64.5 Å². The van der Waals surface area contributed by atoms with Gasteiger partial charge in [0.15, 0.2) is 0 Å². The van der Waals surface area contributed by atoms with Crippen LogP contribution in [0.15, 0.2) is 12.7 Å². The van der Waals surface area contributed by atoms with Gasteiger partial charge in [0.1, 0.15) is 0 Å². The number of aliphatic hydroxyl groups excluding tert-OH is 1. The molecule has 6 heteroatoms. The minimum absolute atomic E-state index is 0.667. The SMILES string of the molecule is C=CC(=O)OC(P=O)C(O)O.